The van der Waals surface area contributed by atoms with Crippen molar-refractivity contribution >= 4 is 74.0 Å². The van der Waals surface area contributed by atoms with Gasteiger partial charge in [-0.15, -0.1) is 0 Å². The molecule has 62 heavy (non-hydrogen) atoms. The molecule has 2 amide bonds. The van der Waals surface area contributed by atoms with E-state index in [1.165, 1.54) is 4.57 Å². The molecule has 0 spiro atoms. The third-order valence-electron chi connectivity index (χ3n) is 14.1. The molecule has 11 rings (SSSR count). The number of amides is 2. The van der Waals surface area contributed by atoms with E-state index in [9.17, 15) is 14.4 Å². The van der Waals surface area contributed by atoms with Crippen molar-refractivity contribution < 1.29 is 23.1 Å². The summed E-state index contributed by atoms with van der Waals surface area (Å²) >= 11 is 6.68. The van der Waals surface area contributed by atoms with E-state index in [2.05, 4.69) is 41.7 Å². The Hall–Kier alpha value is -5.55. The number of nitrogens with one attached hydrogen (secondary N) is 3. The molecule has 1 aliphatic carbocycles. The fourth-order valence-corrected chi connectivity index (χ4v) is 10.9. The number of rotatable bonds is 8. The van der Waals surface area contributed by atoms with E-state index in [1.54, 1.807) is 19.3 Å². The molecule has 5 fully saturated rings. The zero-order chi connectivity index (χ0) is 42.6. The number of carbonyl (C=O) groups excluding carboxylic acids is 2. The predicted molar refractivity (Wildman–Crippen MR) is 232 cm³/mol. The summed E-state index contributed by atoms with van der Waals surface area (Å²) in [4.78, 5) is 54.7. The lowest BCUT2D eigenvalue weighted by molar-refractivity contribution is -0.134. The van der Waals surface area contributed by atoms with Crippen LogP contribution in [-0.4, -0.2) is 104 Å². The summed E-state index contributed by atoms with van der Waals surface area (Å²) in [6.45, 7) is 3.81. The normalized spacial score (nSPS) is 25.2. The maximum atomic E-state index is 15.2. The van der Waals surface area contributed by atoms with E-state index in [0.717, 1.165) is 74.3 Å². The summed E-state index contributed by atoms with van der Waals surface area (Å²) in [5, 5.41) is 15.6. The highest BCUT2D eigenvalue weighted by molar-refractivity contribution is 6.33. The number of ether oxygens (including phenoxy) is 1. The van der Waals surface area contributed by atoms with Crippen LogP contribution in [0.4, 0.5) is 37.6 Å². The number of hydrogen-bond donors (Lipinski definition) is 3. The first-order valence-corrected chi connectivity index (χ1v) is 22.1. The van der Waals surface area contributed by atoms with Crippen molar-refractivity contribution in [3.05, 3.63) is 63.7 Å². The van der Waals surface area contributed by atoms with Crippen LogP contribution in [0.25, 0.3) is 21.8 Å². The number of anilines is 5. The molecule has 5 aromatic rings. The molecule has 3 aromatic heterocycles. The number of halogens is 3. The fourth-order valence-electron chi connectivity index (χ4n) is 10.7. The predicted octanol–water partition coefficient (Wildman–Crippen LogP) is 5.53. The number of piperazine rings is 1. The molecular formula is C44H48ClF2N11O4. The Morgan fingerprint density at radius 2 is 1.82 bits per heavy atom. The Balaban J connectivity index is 0.749. The molecule has 4 atom stereocenters. The number of benzene rings is 2. The average molecular weight is 868 g/mol. The largest absolute Gasteiger partial charge is 0.480 e. The summed E-state index contributed by atoms with van der Waals surface area (Å²) < 4.78 is 39.2. The summed E-state index contributed by atoms with van der Waals surface area (Å²) in [5.41, 5.74) is 3.90. The zero-order valence-corrected chi connectivity index (χ0v) is 35.3. The van der Waals surface area contributed by atoms with Crippen molar-refractivity contribution in [3.63, 3.8) is 0 Å². The van der Waals surface area contributed by atoms with Crippen LogP contribution in [0.5, 0.6) is 5.75 Å². The van der Waals surface area contributed by atoms with E-state index in [1.807, 2.05) is 36.0 Å². The number of hydrogen-bond acceptors (Lipinski definition) is 12. The third kappa shape index (κ3) is 6.69. The number of aryl methyl sites for hydroxylation is 2. The SMILES string of the molecule is Cn1nc(C2CCC(=O)NC2=O)c2cccc(N3CCC(CN4C[C@@H]5C[C@H]4CN5c4ncc(Cl)c(Nc5ccc6c(c5)c5c(c(=O)n6C)OCC(F)(F)[C@H](C6CC6)N5)n4)CC3)c21. The van der Waals surface area contributed by atoms with E-state index >= 15 is 8.78 Å². The van der Waals surface area contributed by atoms with Crippen LogP contribution >= 0.6 is 11.6 Å². The van der Waals surface area contributed by atoms with Gasteiger partial charge in [-0.05, 0) is 74.6 Å². The highest BCUT2D eigenvalue weighted by Crippen LogP contribution is 2.46. The first kappa shape index (κ1) is 39.3. The quantitative estimate of drug-likeness (QED) is 0.168. The lowest BCUT2D eigenvalue weighted by Gasteiger charge is -2.39. The third-order valence-corrected chi connectivity index (χ3v) is 14.4. The molecule has 4 saturated heterocycles. The van der Waals surface area contributed by atoms with Gasteiger partial charge in [-0.25, -0.2) is 13.8 Å². The molecule has 324 valence electrons. The molecule has 1 unspecified atom stereocenters. The summed E-state index contributed by atoms with van der Waals surface area (Å²) in [6, 6.07) is 11.2. The van der Waals surface area contributed by atoms with Crippen molar-refractivity contribution in [2.24, 2.45) is 25.9 Å². The smallest absolute Gasteiger partial charge is 0.301 e. The van der Waals surface area contributed by atoms with Crippen molar-refractivity contribution in [2.75, 3.05) is 59.8 Å². The molecule has 2 aromatic carbocycles. The Morgan fingerprint density at radius 1 is 1.00 bits per heavy atom. The number of likely N-dealkylation sites (tertiary alicyclic amines) is 1. The second-order valence-corrected chi connectivity index (χ2v) is 18.5. The maximum Gasteiger partial charge on any atom is 0.301 e. The van der Waals surface area contributed by atoms with Gasteiger partial charge >= 0.3 is 5.92 Å². The molecule has 0 radical (unpaired) electrons. The minimum absolute atomic E-state index is 0.104. The Labute approximate surface area is 360 Å². The van der Waals surface area contributed by atoms with Gasteiger partial charge in [-0.2, -0.15) is 10.1 Å². The van der Waals surface area contributed by atoms with Gasteiger partial charge in [0.2, 0.25) is 23.5 Å². The number of piperidine rings is 2. The van der Waals surface area contributed by atoms with Crippen LogP contribution in [0, 0.1) is 11.8 Å². The molecular weight excluding hydrogens is 820 g/mol. The van der Waals surface area contributed by atoms with Gasteiger partial charge in [-0.1, -0.05) is 23.7 Å². The molecule has 1 saturated carbocycles. The number of para-hydroxylation sites is 1. The lowest BCUT2D eigenvalue weighted by atomic mass is 9.92. The summed E-state index contributed by atoms with van der Waals surface area (Å²) in [7, 11) is 3.54. The Bertz CT molecular complexity index is 2710. The molecule has 8 heterocycles. The number of alkyl halides is 2. The number of carbonyl (C=O) groups is 2. The Morgan fingerprint density at radius 3 is 2.58 bits per heavy atom. The molecule has 2 bridgehead atoms. The van der Waals surface area contributed by atoms with Gasteiger partial charge in [-0.3, -0.25) is 29.3 Å². The monoisotopic (exact) mass is 867 g/mol. The van der Waals surface area contributed by atoms with Crippen LogP contribution in [0.3, 0.4) is 0 Å². The number of imide groups is 1. The van der Waals surface area contributed by atoms with Gasteiger partial charge in [0, 0.05) is 81.8 Å². The topological polar surface area (TPSA) is 155 Å². The summed E-state index contributed by atoms with van der Waals surface area (Å²) in [6.07, 6.45) is 6.99. The van der Waals surface area contributed by atoms with Gasteiger partial charge < -0.3 is 29.7 Å². The number of pyridine rings is 1. The standard InChI is InChI=1S/C44H48ClF2N11O4/c1-54-32-10-8-25(16-30(32)36-38(42(54)61)62-22-44(46,47)39(51-36)24-6-7-24)49-40-31(45)18-48-43(52-40)58-21-26-17-27(58)20-57(26)19-23-12-14-56(15-13-23)33-5-3-4-28-35(53-55(2)37(28)33)29-9-11-34(59)50-41(29)60/h3-5,8,10,16,18,23-24,26-27,29,39,51H,6-7,9,11-15,17,19-22H2,1-2H3,(H,48,49,52)(H,50,59,60)/t26-,27-,29?,39-/m0/s1. The fraction of sp³-hybridized carbons (Fsp3) is 0.500. The molecule has 15 nitrogen and oxygen atoms in total. The number of nitrogens with zero attached hydrogens (tertiary/aromatic N) is 8. The first-order valence-electron chi connectivity index (χ1n) is 21.7. The van der Waals surface area contributed by atoms with Crippen LogP contribution < -0.4 is 36.0 Å². The number of fused-ring (bicyclic) bond motifs is 6. The molecule has 5 aliphatic heterocycles. The van der Waals surface area contributed by atoms with Crippen LogP contribution in [0.2, 0.25) is 5.02 Å². The van der Waals surface area contributed by atoms with Gasteiger partial charge in [0.15, 0.2) is 12.4 Å². The van der Waals surface area contributed by atoms with Crippen molar-refractivity contribution in [2.45, 2.75) is 74.9 Å². The highest BCUT2D eigenvalue weighted by atomic mass is 35.5. The first-order chi connectivity index (χ1) is 29.9. The van der Waals surface area contributed by atoms with E-state index in [4.69, 9.17) is 26.4 Å². The second-order valence-electron chi connectivity index (χ2n) is 18.1. The minimum Gasteiger partial charge on any atom is -0.480 e. The zero-order valence-electron chi connectivity index (χ0n) is 34.5. The number of aromatic nitrogens is 5. The van der Waals surface area contributed by atoms with Crippen molar-refractivity contribution in [1.82, 2.24) is 34.5 Å². The van der Waals surface area contributed by atoms with Gasteiger partial charge in [0.1, 0.15) is 5.02 Å². The molecule has 6 aliphatic rings. The average Bonchev–Trinajstić information content (AvgIpc) is 3.81. The Kier molecular flexibility index (Phi) is 9.37. The van der Waals surface area contributed by atoms with Gasteiger partial charge in [0.05, 0.1) is 46.3 Å². The maximum absolute atomic E-state index is 15.2. The van der Waals surface area contributed by atoms with Crippen LogP contribution in [0.1, 0.15) is 56.6 Å². The van der Waals surface area contributed by atoms with Crippen LogP contribution in [-0.2, 0) is 23.7 Å². The summed E-state index contributed by atoms with van der Waals surface area (Å²) in [5.74, 6) is -2.75. The second kappa shape index (κ2) is 14.8. The highest BCUT2D eigenvalue weighted by Gasteiger charge is 2.51. The van der Waals surface area contributed by atoms with E-state index in [0.29, 0.717) is 71.0 Å². The minimum atomic E-state index is -3.13. The van der Waals surface area contributed by atoms with Gasteiger partial charge in [0.25, 0.3) is 5.56 Å². The van der Waals surface area contributed by atoms with Crippen molar-refractivity contribution in [3.8, 4) is 5.75 Å². The van der Waals surface area contributed by atoms with E-state index < -0.39 is 30.0 Å². The van der Waals surface area contributed by atoms with Crippen LogP contribution in [0.15, 0.2) is 47.4 Å². The van der Waals surface area contributed by atoms with E-state index in [-0.39, 0.29) is 35.2 Å². The molecule has 18 heteroatoms. The molecule has 3 N–H and O–H groups in total. The van der Waals surface area contributed by atoms with Crippen molar-refractivity contribution in [1.29, 1.82) is 0 Å². The lowest BCUT2D eigenvalue weighted by Crippen LogP contribution is -2.49.